The van der Waals surface area contributed by atoms with Gasteiger partial charge in [-0.2, -0.15) is 4.31 Å². The van der Waals surface area contributed by atoms with Crippen LogP contribution in [0.3, 0.4) is 0 Å². The third-order valence-electron chi connectivity index (χ3n) is 4.84. The summed E-state index contributed by atoms with van der Waals surface area (Å²) >= 11 is 5.86. The number of benzene rings is 2. The number of ether oxygens (including phenoxy) is 1. The fourth-order valence-electron chi connectivity index (χ4n) is 3.26. The van der Waals surface area contributed by atoms with Crippen LogP contribution in [0.5, 0.6) is 5.75 Å². The maximum Gasteiger partial charge on any atom is 0.255 e. The summed E-state index contributed by atoms with van der Waals surface area (Å²) in [6, 6.07) is 9.62. The Morgan fingerprint density at radius 2 is 2.07 bits per heavy atom. The maximum absolute atomic E-state index is 13.8. The zero-order valence-electron chi connectivity index (χ0n) is 16.0. The number of halogens is 2. The molecule has 0 unspecified atom stereocenters. The van der Waals surface area contributed by atoms with Crippen molar-refractivity contribution in [2.45, 2.75) is 19.4 Å². The molecule has 1 heterocycles. The molecule has 9 heteroatoms. The van der Waals surface area contributed by atoms with Crippen LogP contribution in [0.2, 0.25) is 5.02 Å². The SMILES string of the molecule is COc1ccc2c(c1)CCN(S(=O)(=O)CCCNC(=O)c1c(F)cccc1Cl)C2. The van der Waals surface area contributed by atoms with Gasteiger partial charge in [0.25, 0.3) is 5.91 Å². The summed E-state index contributed by atoms with van der Waals surface area (Å²) in [6.07, 6.45) is 0.834. The van der Waals surface area contributed by atoms with Crippen molar-refractivity contribution in [2.24, 2.45) is 0 Å². The number of sulfonamides is 1. The first-order valence-electron chi connectivity index (χ1n) is 9.17. The largest absolute Gasteiger partial charge is 0.497 e. The summed E-state index contributed by atoms with van der Waals surface area (Å²) in [5.41, 5.74) is 1.81. The molecule has 1 amide bonds. The van der Waals surface area contributed by atoms with E-state index in [1.165, 1.54) is 16.4 Å². The molecule has 0 radical (unpaired) electrons. The minimum Gasteiger partial charge on any atom is -0.497 e. The Kier molecular flexibility index (Phi) is 6.77. The van der Waals surface area contributed by atoms with Crippen LogP contribution in [0, 0.1) is 5.82 Å². The van der Waals surface area contributed by atoms with Gasteiger partial charge in [0.05, 0.1) is 23.4 Å². The fourth-order valence-corrected chi connectivity index (χ4v) is 4.98. The molecule has 156 valence electrons. The zero-order valence-corrected chi connectivity index (χ0v) is 17.5. The van der Waals surface area contributed by atoms with Crippen molar-refractivity contribution >= 4 is 27.5 Å². The van der Waals surface area contributed by atoms with E-state index >= 15 is 0 Å². The van der Waals surface area contributed by atoms with Crippen molar-refractivity contribution in [3.8, 4) is 5.75 Å². The summed E-state index contributed by atoms with van der Waals surface area (Å²) < 4.78 is 45.7. The van der Waals surface area contributed by atoms with Crippen molar-refractivity contribution < 1.29 is 22.3 Å². The maximum atomic E-state index is 13.8. The molecule has 0 spiro atoms. The average Bonchev–Trinajstić information content (AvgIpc) is 2.70. The minimum absolute atomic E-state index is 0.0127. The number of fused-ring (bicyclic) bond motifs is 1. The van der Waals surface area contributed by atoms with E-state index in [-0.39, 0.29) is 29.3 Å². The second-order valence-electron chi connectivity index (χ2n) is 6.74. The zero-order chi connectivity index (χ0) is 21.0. The van der Waals surface area contributed by atoms with Gasteiger partial charge in [0.2, 0.25) is 10.0 Å². The van der Waals surface area contributed by atoms with Crippen LogP contribution in [0.25, 0.3) is 0 Å². The summed E-state index contributed by atoms with van der Waals surface area (Å²) in [5.74, 6) is -0.729. The van der Waals surface area contributed by atoms with Gasteiger partial charge in [0.15, 0.2) is 0 Å². The smallest absolute Gasteiger partial charge is 0.255 e. The lowest BCUT2D eigenvalue weighted by molar-refractivity contribution is 0.0949. The molecule has 29 heavy (non-hydrogen) atoms. The molecule has 0 fully saturated rings. The minimum atomic E-state index is -3.47. The highest BCUT2D eigenvalue weighted by Crippen LogP contribution is 2.25. The number of rotatable bonds is 7. The molecule has 0 bridgehead atoms. The molecule has 0 aliphatic carbocycles. The molecule has 1 N–H and O–H groups in total. The molecule has 3 rings (SSSR count). The molecule has 6 nitrogen and oxygen atoms in total. The van der Waals surface area contributed by atoms with Gasteiger partial charge in [-0.25, -0.2) is 12.8 Å². The molecule has 0 saturated carbocycles. The fraction of sp³-hybridized carbons (Fsp3) is 0.350. The summed E-state index contributed by atoms with van der Waals surface area (Å²) in [4.78, 5) is 12.1. The number of hydrogen-bond donors (Lipinski definition) is 1. The van der Waals surface area contributed by atoms with E-state index in [0.717, 1.165) is 22.9 Å². The molecule has 0 aromatic heterocycles. The predicted octanol–water partition coefficient (Wildman–Crippen LogP) is 3.00. The van der Waals surface area contributed by atoms with E-state index in [1.807, 2.05) is 18.2 Å². The standard InChI is InChI=1S/C20H22ClFN2O4S/c1-28-16-7-6-15-13-24(10-8-14(15)12-16)29(26,27)11-3-9-23-20(25)19-17(21)4-2-5-18(19)22/h2,4-7,12H,3,8-11,13H2,1H3,(H,23,25). The summed E-state index contributed by atoms with van der Waals surface area (Å²) in [6.45, 7) is 0.822. The Morgan fingerprint density at radius 1 is 1.28 bits per heavy atom. The number of hydrogen-bond acceptors (Lipinski definition) is 4. The predicted molar refractivity (Wildman–Crippen MR) is 109 cm³/mol. The molecule has 1 aliphatic rings. The third-order valence-corrected chi connectivity index (χ3v) is 7.06. The van der Waals surface area contributed by atoms with Crippen molar-refractivity contribution in [1.82, 2.24) is 9.62 Å². The second-order valence-corrected chi connectivity index (χ2v) is 9.24. The van der Waals surface area contributed by atoms with E-state index in [1.54, 1.807) is 7.11 Å². The van der Waals surface area contributed by atoms with Crippen molar-refractivity contribution in [3.05, 3.63) is 63.9 Å². The van der Waals surface area contributed by atoms with Gasteiger partial charge in [-0.05, 0) is 48.2 Å². The highest BCUT2D eigenvalue weighted by molar-refractivity contribution is 7.89. The van der Waals surface area contributed by atoms with Crippen LogP contribution in [-0.4, -0.2) is 44.6 Å². The highest BCUT2D eigenvalue weighted by Gasteiger charge is 2.26. The van der Waals surface area contributed by atoms with Crippen LogP contribution in [-0.2, 0) is 23.0 Å². The van der Waals surface area contributed by atoms with Crippen LogP contribution in [0.4, 0.5) is 4.39 Å². The van der Waals surface area contributed by atoms with Gasteiger partial charge in [0.1, 0.15) is 11.6 Å². The van der Waals surface area contributed by atoms with Crippen LogP contribution in [0.1, 0.15) is 27.9 Å². The highest BCUT2D eigenvalue weighted by atomic mass is 35.5. The Hall–Kier alpha value is -2.16. The number of methoxy groups -OCH3 is 1. The number of carbonyl (C=O) groups is 1. The quantitative estimate of drug-likeness (QED) is 0.671. The van der Waals surface area contributed by atoms with Gasteiger partial charge in [0, 0.05) is 19.6 Å². The lowest BCUT2D eigenvalue weighted by atomic mass is 10.0. The molecule has 0 saturated heterocycles. The average molecular weight is 441 g/mol. The molecule has 2 aromatic carbocycles. The molecule has 0 atom stereocenters. The van der Waals surface area contributed by atoms with Crippen molar-refractivity contribution in [1.29, 1.82) is 0 Å². The van der Waals surface area contributed by atoms with Crippen molar-refractivity contribution in [2.75, 3.05) is 26.0 Å². The first kappa shape index (κ1) is 21.5. The molecular weight excluding hydrogens is 419 g/mol. The first-order chi connectivity index (χ1) is 13.8. The van der Waals surface area contributed by atoms with Crippen LogP contribution >= 0.6 is 11.6 Å². The third kappa shape index (κ3) is 5.07. The first-order valence-corrected chi connectivity index (χ1v) is 11.2. The van der Waals surface area contributed by atoms with Gasteiger partial charge in [-0.15, -0.1) is 0 Å². The Balaban J connectivity index is 1.53. The van der Waals surface area contributed by atoms with E-state index in [4.69, 9.17) is 16.3 Å². The lowest BCUT2D eigenvalue weighted by Gasteiger charge is -2.28. The van der Waals surface area contributed by atoms with Crippen molar-refractivity contribution in [3.63, 3.8) is 0 Å². The van der Waals surface area contributed by atoms with Gasteiger partial charge < -0.3 is 10.1 Å². The normalized spacial score (nSPS) is 14.3. The van der Waals surface area contributed by atoms with Crippen LogP contribution in [0.15, 0.2) is 36.4 Å². The van der Waals surface area contributed by atoms with Gasteiger partial charge >= 0.3 is 0 Å². The molecule has 1 aliphatic heterocycles. The number of nitrogens with one attached hydrogen (secondary N) is 1. The monoisotopic (exact) mass is 440 g/mol. The Morgan fingerprint density at radius 3 is 2.79 bits per heavy atom. The van der Waals surface area contributed by atoms with E-state index in [2.05, 4.69) is 5.32 Å². The summed E-state index contributed by atoms with van der Waals surface area (Å²) in [7, 11) is -1.87. The van der Waals surface area contributed by atoms with Gasteiger partial charge in [-0.3, -0.25) is 4.79 Å². The Labute approximate surface area is 174 Å². The lowest BCUT2D eigenvalue weighted by Crippen LogP contribution is -2.38. The van der Waals surface area contributed by atoms with Crippen LogP contribution < -0.4 is 10.1 Å². The van der Waals surface area contributed by atoms with Gasteiger partial charge in [-0.1, -0.05) is 23.7 Å². The number of nitrogens with zero attached hydrogens (tertiary/aromatic N) is 1. The van der Waals surface area contributed by atoms with E-state index in [9.17, 15) is 17.6 Å². The van der Waals surface area contributed by atoms with E-state index in [0.29, 0.717) is 19.5 Å². The molecule has 2 aromatic rings. The number of amides is 1. The number of carbonyl (C=O) groups excluding carboxylic acids is 1. The topological polar surface area (TPSA) is 75.7 Å². The Bertz CT molecular complexity index is 993. The second kappa shape index (κ2) is 9.11. The van der Waals surface area contributed by atoms with E-state index < -0.39 is 21.7 Å². The summed E-state index contributed by atoms with van der Waals surface area (Å²) in [5, 5.41) is 2.54. The molecular formula is C20H22ClFN2O4S.